The monoisotopic (exact) mass is 531 g/mol. The van der Waals surface area contributed by atoms with Crippen LogP contribution in [-0.4, -0.2) is 27.1 Å². The van der Waals surface area contributed by atoms with Crippen LogP contribution < -0.4 is 4.90 Å². The first-order valence-electron chi connectivity index (χ1n) is 14.6. The molecule has 0 bridgehead atoms. The smallest absolute Gasteiger partial charge is 0.394 e. The first kappa shape index (κ1) is 28.5. The Kier molecular flexibility index (Phi) is 10.7. The number of aromatic nitrogens is 2. The van der Waals surface area contributed by atoms with E-state index in [0.29, 0.717) is 11.6 Å². The van der Waals surface area contributed by atoms with Gasteiger partial charge in [0.1, 0.15) is 0 Å². The quantitative estimate of drug-likeness (QED) is 0.173. The largest absolute Gasteiger partial charge is 0.474 e. The number of aryl methyl sites for hydroxylation is 2. The molecule has 1 N–H and O–H groups in total. The third kappa shape index (κ3) is 8.01. The molecule has 3 aromatic rings. The Morgan fingerprint density at radius 2 is 1.59 bits per heavy atom. The molecule has 0 radical (unpaired) electrons. The summed E-state index contributed by atoms with van der Waals surface area (Å²) < 4.78 is 5.50. The van der Waals surface area contributed by atoms with Crippen LogP contribution in [-0.2, 0) is 35.4 Å². The van der Waals surface area contributed by atoms with Gasteiger partial charge in [-0.15, -0.1) is 0 Å². The highest BCUT2D eigenvalue weighted by Crippen LogP contribution is 2.32. The molecule has 0 fully saturated rings. The SMILES string of the molecule is CCCCCCCCCCCc1noc(-c2ccc(CN(C(=O)C(=O)O)c3cccc4c3CCCC4)cc2)n1. The standard InChI is InChI=1S/C32H41N3O4/c1-2-3-4-5-6-7-8-9-10-18-29-33-30(39-34-29)26-21-19-24(20-22-26)23-35(31(36)32(37)38)28-17-13-15-25-14-11-12-16-27(25)28/h13,15,17,19-22H,2-12,14,16,18,23H2,1H3,(H,37,38). The molecule has 208 valence electrons. The summed E-state index contributed by atoms with van der Waals surface area (Å²) in [7, 11) is 0. The summed E-state index contributed by atoms with van der Waals surface area (Å²) >= 11 is 0. The van der Waals surface area contributed by atoms with Crippen LogP contribution in [0, 0.1) is 0 Å². The number of carboxylic acids is 1. The fraction of sp³-hybridized carbons (Fsp3) is 0.500. The number of carboxylic acid groups (broad SMARTS) is 1. The summed E-state index contributed by atoms with van der Waals surface area (Å²) in [5.74, 6) is -1.17. The third-order valence-corrected chi connectivity index (χ3v) is 7.60. The number of unbranched alkanes of at least 4 members (excludes halogenated alkanes) is 8. The zero-order chi connectivity index (χ0) is 27.5. The highest BCUT2D eigenvalue weighted by atomic mass is 16.5. The fourth-order valence-corrected chi connectivity index (χ4v) is 5.40. The molecule has 0 saturated heterocycles. The van der Waals surface area contributed by atoms with E-state index < -0.39 is 11.9 Å². The summed E-state index contributed by atoms with van der Waals surface area (Å²) in [6.07, 6.45) is 16.3. The Hall–Kier alpha value is -3.48. The maximum Gasteiger partial charge on any atom is 0.394 e. The van der Waals surface area contributed by atoms with Gasteiger partial charge in [0.05, 0.1) is 6.54 Å². The number of amides is 1. The number of hydrogen-bond donors (Lipinski definition) is 1. The van der Waals surface area contributed by atoms with Gasteiger partial charge in [-0.25, -0.2) is 4.79 Å². The van der Waals surface area contributed by atoms with E-state index in [0.717, 1.165) is 61.0 Å². The molecular weight excluding hydrogens is 490 g/mol. The summed E-state index contributed by atoms with van der Waals surface area (Å²) in [5, 5.41) is 13.7. The minimum absolute atomic E-state index is 0.176. The zero-order valence-electron chi connectivity index (χ0n) is 23.2. The molecule has 0 unspecified atom stereocenters. The molecule has 4 rings (SSSR count). The van der Waals surface area contributed by atoms with Crippen molar-refractivity contribution in [2.45, 2.75) is 103 Å². The molecule has 7 nitrogen and oxygen atoms in total. The highest BCUT2D eigenvalue weighted by Gasteiger charge is 2.26. The Bertz CT molecular complexity index is 1220. The lowest BCUT2D eigenvalue weighted by atomic mass is 9.90. The molecule has 1 amide bonds. The minimum atomic E-state index is -1.45. The van der Waals surface area contributed by atoms with Crippen molar-refractivity contribution in [3.05, 3.63) is 65.0 Å². The molecular formula is C32H41N3O4. The molecule has 1 heterocycles. The summed E-state index contributed by atoms with van der Waals surface area (Å²) in [6.45, 7) is 2.42. The lowest BCUT2D eigenvalue weighted by Crippen LogP contribution is -2.37. The van der Waals surface area contributed by atoms with Gasteiger partial charge in [0.2, 0.25) is 0 Å². The van der Waals surface area contributed by atoms with Crippen molar-refractivity contribution >= 4 is 17.6 Å². The van der Waals surface area contributed by atoms with E-state index in [1.165, 1.54) is 61.8 Å². The van der Waals surface area contributed by atoms with Crippen LogP contribution in [0.2, 0.25) is 0 Å². The normalized spacial score (nSPS) is 12.7. The molecule has 0 spiro atoms. The van der Waals surface area contributed by atoms with Crippen LogP contribution in [0.15, 0.2) is 47.0 Å². The number of nitrogens with zero attached hydrogens (tertiary/aromatic N) is 3. The predicted octanol–water partition coefficient (Wildman–Crippen LogP) is 7.31. The van der Waals surface area contributed by atoms with Crippen molar-refractivity contribution in [1.82, 2.24) is 10.1 Å². The maximum absolute atomic E-state index is 12.7. The molecule has 2 aromatic carbocycles. The van der Waals surface area contributed by atoms with Crippen LogP contribution in [0.4, 0.5) is 5.69 Å². The summed E-state index contributed by atoms with van der Waals surface area (Å²) in [4.78, 5) is 30.3. The Labute approximate surface area is 231 Å². The number of carbonyl (C=O) groups is 2. The number of carbonyl (C=O) groups excluding carboxylic acids is 1. The van der Waals surface area contributed by atoms with E-state index in [-0.39, 0.29) is 6.54 Å². The number of hydrogen-bond acceptors (Lipinski definition) is 5. The zero-order valence-corrected chi connectivity index (χ0v) is 23.2. The first-order chi connectivity index (χ1) is 19.1. The topological polar surface area (TPSA) is 96.5 Å². The van der Waals surface area contributed by atoms with Gasteiger partial charge in [0.25, 0.3) is 5.89 Å². The molecule has 1 aromatic heterocycles. The van der Waals surface area contributed by atoms with Crippen LogP contribution in [0.3, 0.4) is 0 Å². The van der Waals surface area contributed by atoms with Crippen LogP contribution >= 0.6 is 0 Å². The Balaban J connectivity index is 1.34. The van der Waals surface area contributed by atoms with Crippen LogP contribution in [0.5, 0.6) is 0 Å². The number of fused-ring (bicyclic) bond motifs is 1. The number of benzene rings is 2. The van der Waals surface area contributed by atoms with Gasteiger partial charge in [-0.3, -0.25) is 9.69 Å². The predicted molar refractivity (Wildman–Crippen MR) is 153 cm³/mol. The Morgan fingerprint density at radius 1 is 0.897 bits per heavy atom. The number of rotatable bonds is 14. The van der Waals surface area contributed by atoms with E-state index in [9.17, 15) is 14.7 Å². The lowest BCUT2D eigenvalue weighted by Gasteiger charge is -2.27. The van der Waals surface area contributed by atoms with Crippen LogP contribution in [0.25, 0.3) is 11.5 Å². The second-order valence-corrected chi connectivity index (χ2v) is 10.6. The van der Waals surface area contributed by atoms with E-state index in [4.69, 9.17) is 4.52 Å². The lowest BCUT2D eigenvalue weighted by molar-refractivity contribution is -0.148. The number of aliphatic carboxylic acids is 1. The third-order valence-electron chi connectivity index (χ3n) is 7.60. The van der Waals surface area contributed by atoms with Crippen molar-refractivity contribution in [1.29, 1.82) is 0 Å². The van der Waals surface area contributed by atoms with Crippen molar-refractivity contribution in [3.63, 3.8) is 0 Å². The second-order valence-electron chi connectivity index (χ2n) is 10.6. The maximum atomic E-state index is 12.7. The molecule has 39 heavy (non-hydrogen) atoms. The van der Waals surface area contributed by atoms with Gasteiger partial charge < -0.3 is 9.63 Å². The van der Waals surface area contributed by atoms with Gasteiger partial charge >= 0.3 is 11.9 Å². The molecule has 1 aliphatic rings. The highest BCUT2D eigenvalue weighted by molar-refractivity contribution is 6.37. The van der Waals surface area contributed by atoms with E-state index in [1.807, 2.05) is 36.4 Å². The van der Waals surface area contributed by atoms with E-state index >= 15 is 0 Å². The molecule has 1 aliphatic carbocycles. The van der Waals surface area contributed by atoms with Crippen molar-refractivity contribution in [2.75, 3.05) is 4.90 Å². The van der Waals surface area contributed by atoms with E-state index in [2.05, 4.69) is 23.1 Å². The molecule has 7 heteroatoms. The van der Waals surface area contributed by atoms with Crippen LogP contribution in [0.1, 0.15) is 100 Å². The average molecular weight is 532 g/mol. The van der Waals surface area contributed by atoms with Crippen molar-refractivity contribution in [2.24, 2.45) is 0 Å². The van der Waals surface area contributed by atoms with Crippen molar-refractivity contribution < 1.29 is 19.2 Å². The Morgan fingerprint density at radius 3 is 2.31 bits per heavy atom. The fourth-order valence-electron chi connectivity index (χ4n) is 5.40. The molecule has 0 atom stereocenters. The molecule has 0 aliphatic heterocycles. The minimum Gasteiger partial charge on any atom is -0.474 e. The van der Waals surface area contributed by atoms with Gasteiger partial charge in [-0.05, 0) is 67.0 Å². The van der Waals surface area contributed by atoms with Crippen molar-refractivity contribution in [3.8, 4) is 11.5 Å². The number of anilines is 1. The molecule has 0 saturated carbocycles. The van der Waals surface area contributed by atoms with E-state index in [1.54, 1.807) is 0 Å². The van der Waals surface area contributed by atoms with Gasteiger partial charge in [-0.1, -0.05) is 87.7 Å². The average Bonchev–Trinajstić information content (AvgIpc) is 3.43. The van der Waals surface area contributed by atoms with Gasteiger partial charge in [-0.2, -0.15) is 4.98 Å². The first-order valence-corrected chi connectivity index (χ1v) is 14.6. The van der Waals surface area contributed by atoms with Gasteiger partial charge in [0.15, 0.2) is 5.82 Å². The summed E-state index contributed by atoms with van der Waals surface area (Å²) in [5.41, 5.74) is 4.61. The summed E-state index contributed by atoms with van der Waals surface area (Å²) in [6, 6.07) is 13.4. The second kappa shape index (κ2) is 14.6. The van der Waals surface area contributed by atoms with Gasteiger partial charge in [0, 0.05) is 17.7 Å².